The van der Waals surface area contributed by atoms with Crippen LogP contribution in [0.4, 0.5) is 13.2 Å². The number of carbonyl (C=O) groups is 1. The molecule has 8 heteroatoms. The first-order valence-electron chi connectivity index (χ1n) is 9.18. The standard InChI is InChI=1S/C11H11F2N3O2.C11H11F/c1-16-9(17)8(15-11(16)14)6-2-4-7(5-3-6)18-10(12)13;12-10-6-2-5-9-11-7-3-1-4-8-11/h2-5,8,10H,1H3,(H2,14,15);1,3-4,7-8H,2,6,10H2. The van der Waals surface area contributed by atoms with E-state index < -0.39 is 12.7 Å². The van der Waals surface area contributed by atoms with Crippen LogP contribution in [0.5, 0.6) is 5.75 Å². The normalized spacial score (nSPS) is 15.1. The van der Waals surface area contributed by atoms with Gasteiger partial charge in [-0.2, -0.15) is 8.78 Å². The minimum absolute atomic E-state index is 0.0319. The molecule has 2 N–H and O–H groups in total. The third kappa shape index (κ3) is 6.85. The molecule has 1 unspecified atom stereocenters. The molecule has 30 heavy (non-hydrogen) atoms. The van der Waals surface area contributed by atoms with Crippen molar-refractivity contribution in [3.05, 3.63) is 65.7 Å². The van der Waals surface area contributed by atoms with Crippen molar-refractivity contribution in [3.63, 3.8) is 0 Å². The Balaban J connectivity index is 0.000000232. The zero-order valence-corrected chi connectivity index (χ0v) is 16.4. The summed E-state index contributed by atoms with van der Waals surface area (Å²) in [6.07, 6.45) is 1.19. The molecule has 0 radical (unpaired) electrons. The highest BCUT2D eigenvalue weighted by atomic mass is 19.3. The van der Waals surface area contributed by atoms with E-state index in [0.717, 1.165) is 5.56 Å². The number of halogens is 3. The van der Waals surface area contributed by atoms with Gasteiger partial charge in [0.1, 0.15) is 5.75 Å². The van der Waals surface area contributed by atoms with Crippen molar-refractivity contribution in [1.82, 2.24) is 4.90 Å². The molecule has 1 aliphatic rings. The zero-order chi connectivity index (χ0) is 21.9. The van der Waals surface area contributed by atoms with Gasteiger partial charge in [-0.25, -0.2) is 4.99 Å². The Labute approximate surface area is 173 Å². The Hall–Kier alpha value is -3.47. The number of likely N-dealkylation sites (N-methyl/N-ethyl adjacent to an activating group) is 1. The summed E-state index contributed by atoms with van der Waals surface area (Å²) in [5.74, 6) is 5.79. The van der Waals surface area contributed by atoms with Crippen LogP contribution < -0.4 is 10.5 Å². The van der Waals surface area contributed by atoms with Crippen molar-refractivity contribution in [2.24, 2.45) is 10.7 Å². The molecule has 0 fully saturated rings. The van der Waals surface area contributed by atoms with Crippen molar-refractivity contribution in [2.75, 3.05) is 13.7 Å². The first-order valence-corrected chi connectivity index (χ1v) is 9.18. The highest BCUT2D eigenvalue weighted by Gasteiger charge is 2.31. The van der Waals surface area contributed by atoms with Gasteiger partial charge in [0.05, 0.1) is 6.67 Å². The molecule has 0 aromatic heterocycles. The molecule has 3 rings (SSSR count). The van der Waals surface area contributed by atoms with Crippen LogP contribution in [0.3, 0.4) is 0 Å². The summed E-state index contributed by atoms with van der Waals surface area (Å²) in [5.41, 5.74) is 7.10. The molecule has 1 atom stereocenters. The maximum Gasteiger partial charge on any atom is 0.387 e. The fourth-order valence-electron chi connectivity index (χ4n) is 2.46. The van der Waals surface area contributed by atoms with Crippen LogP contribution in [0.2, 0.25) is 0 Å². The highest BCUT2D eigenvalue weighted by Crippen LogP contribution is 2.26. The predicted octanol–water partition coefficient (Wildman–Crippen LogP) is 3.90. The van der Waals surface area contributed by atoms with E-state index in [1.807, 2.05) is 30.3 Å². The number of ether oxygens (including phenoxy) is 1. The molecule has 2 aromatic rings. The molecule has 1 heterocycles. The lowest BCUT2D eigenvalue weighted by Gasteiger charge is -2.10. The number of nitrogens with zero attached hydrogens (tertiary/aromatic N) is 2. The number of carbonyl (C=O) groups excluding carboxylic acids is 1. The molecule has 0 saturated carbocycles. The summed E-state index contributed by atoms with van der Waals surface area (Å²) in [7, 11) is 1.52. The maximum atomic E-state index is 12.0. The smallest absolute Gasteiger partial charge is 0.387 e. The van der Waals surface area contributed by atoms with Crippen LogP contribution in [0.25, 0.3) is 0 Å². The Kier molecular flexibility index (Phi) is 8.75. The number of hydrogen-bond donors (Lipinski definition) is 1. The second-order valence-electron chi connectivity index (χ2n) is 6.19. The van der Waals surface area contributed by atoms with Gasteiger partial charge in [0.25, 0.3) is 5.91 Å². The van der Waals surface area contributed by atoms with Crippen molar-refractivity contribution in [2.45, 2.75) is 25.5 Å². The van der Waals surface area contributed by atoms with Crippen LogP contribution >= 0.6 is 0 Å². The lowest BCUT2D eigenvalue weighted by molar-refractivity contribution is -0.126. The van der Waals surface area contributed by atoms with Crippen molar-refractivity contribution < 1.29 is 22.7 Å². The van der Waals surface area contributed by atoms with E-state index in [1.165, 1.54) is 36.2 Å². The highest BCUT2D eigenvalue weighted by molar-refractivity contribution is 6.04. The van der Waals surface area contributed by atoms with Crippen molar-refractivity contribution in [3.8, 4) is 17.6 Å². The molecular weight excluding hydrogens is 395 g/mol. The number of nitrogens with two attached hydrogens (primary N) is 1. The van der Waals surface area contributed by atoms with E-state index in [4.69, 9.17) is 5.73 Å². The Morgan fingerprint density at radius 1 is 1.17 bits per heavy atom. The van der Waals surface area contributed by atoms with E-state index in [0.29, 0.717) is 18.4 Å². The van der Waals surface area contributed by atoms with E-state index in [9.17, 15) is 18.0 Å². The van der Waals surface area contributed by atoms with Gasteiger partial charge in [-0.15, -0.1) is 0 Å². The summed E-state index contributed by atoms with van der Waals surface area (Å²) in [5, 5.41) is 0. The van der Waals surface area contributed by atoms with E-state index in [1.54, 1.807) is 0 Å². The van der Waals surface area contributed by atoms with Gasteiger partial charge < -0.3 is 10.5 Å². The summed E-state index contributed by atoms with van der Waals surface area (Å²) in [6.45, 7) is -3.15. The molecule has 1 aliphatic heterocycles. The SMILES string of the molecule is CN1C(=O)C(c2ccc(OC(F)F)cc2)N=C1N.FCCCC#Cc1ccccc1. The number of rotatable bonds is 5. The van der Waals surface area contributed by atoms with Crippen LogP contribution in [0.1, 0.15) is 30.0 Å². The second kappa shape index (κ2) is 11.5. The lowest BCUT2D eigenvalue weighted by atomic mass is 10.1. The Bertz CT molecular complexity index is 907. The number of aliphatic imine (C=N–C) groups is 1. The van der Waals surface area contributed by atoms with Gasteiger partial charge >= 0.3 is 6.61 Å². The maximum absolute atomic E-state index is 12.0. The fourth-order valence-corrected chi connectivity index (χ4v) is 2.46. The van der Waals surface area contributed by atoms with Crippen LogP contribution in [0, 0.1) is 11.8 Å². The quantitative estimate of drug-likeness (QED) is 0.593. The van der Waals surface area contributed by atoms with E-state index in [2.05, 4.69) is 21.6 Å². The summed E-state index contributed by atoms with van der Waals surface area (Å²) in [4.78, 5) is 17.0. The van der Waals surface area contributed by atoms with Crippen LogP contribution in [-0.4, -0.2) is 37.1 Å². The summed E-state index contributed by atoms with van der Waals surface area (Å²) < 4.78 is 39.8. The molecule has 0 aliphatic carbocycles. The molecule has 5 nitrogen and oxygen atoms in total. The molecular formula is C22H22F3N3O2. The van der Waals surface area contributed by atoms with Crippen molar-refractivity contribution in [1.29, 1.82) is 0 Å². The van der Waals surface area contributed by atoms with Gasteiger partial charge in [0, 0.05) is 19.0 Å². The van der Waals surface area contributed by atoms with Crippen LogP contribution in [-0.2, 0) is 4.79 Å². The predicted molar refractivity (Wildman–Crippen MR) is 109 cm³/mol. The lowest BCUT2D eigenvalue weighted by Crippen LogP contribution is -2.34. The fraction of sp³-hybridized carbons (Fsp3) is 0.273. The van der Waals surface area contributed by atoms with Gasteiger partial charge in [-0.1, -0.05) is 42.2 Å². The topological polar surface area (TPSA) is 67.9 Å². The summed E-state index contributed by atoms with van der Waals surface area (Å²) >= 11 is 0. The van der Waals surface area contributed by atoms with Gasteiger partial charge in [0.15, 0.2) is 12.0 Å². The Morgan fingerprint density at radius 2 is 1.83 bits per heavy atom. The number of guanidine groups is 1. The van der Waals surface area contributed by atoms with Gasteiger partial charge in [0.2, 0.25) is 0 Å². The van der Waals surface area contributed by atoms with Gasteiger partial charge in [-0.3, -0.25) is 14.1 Å². The first-order chi connectivity index (χ1) is 14.4. The third-order valence-corrected chi connectivity index (χ3v) is 4.03. The molecule has 0 bridgehead atoms. The molecule has 0 spiro atoms. The third-order valence-electron chi connectivity index (χ3n) is 4.03. The molecule has 2 aromatic carbocycles. The average molecular weight is 417 g/mol. The first kappa shape index (κ1) is 22.8. The van der Waals surface area contributed by atoms with E-state index >= 15 is 0 Å². The monoisotopic (exact) mass is 417 g/mol. The molecule has 158 valence electrons. The number of benzene rings is 2. The summed E-state index contributed by atoms with van der Waals surface area (Å²) in [6, 6.07) is 14.8. The Morgan fingerprint density at radius 3 is 2.37 bits per heavy atom. The van der Waals surface area contributed by atoms with Crippen LogP contribution in [0.15, 0.2) is 59.6 Å². The molecule has 1 amide bonds. The minimum atomic E-state index is -2.87. The average Bonchev–Trinajstić information content (AvgIpc) is 3.00. The number of unbranched alkanes of at least 4 members (excludes halogenated alkanes) is 1. The second-order valence-corrected chi connectivity index (χ2v) is 6.19. The molecule has 0 saturated heterocycles. The zero-order valence-electron chi connectivity index (χ0n) is 16.4. The van der Waals surface area contributed by atoms with E-state index in [-0.39, 0.29) is 24.3 Å². The number of alkyl halides is 3. The number of amides is 1. The van der Waals surface area contributed by atoms with Gasteiger partial charge in [-0.05, 0) is 36.2 Å². The number of hydrogen-bond acceptors (Lipinski definition) is 4. The minimum Gasteiger partial charge on any atom is -0.435 e. The largest absolute Gasteiger partial charge is 0.435 e. The van der Waals surface area contributed by atoms with Crippen molar-refractivity contribution >= 4 is 11.9 Å².